The molecule has 0 unspecified atom stereocenters. The van der Waals surface area contributed by atoms with Crippen LogP contribution in [-0.4, -0.2) is 26.5 Å². The van der Waals surface area contributed by atoms with Gasteiger partial charge in [0.05, 0.1) is 21.1 Å². The quantitative estimate of drug-likeness (QED) is 0.288. The molecule has 1 aromatic heterocycles. The van der Waals surface area contributed by atoms with Crippen molar-refractivity contribution in [2.45, 2.75) is 29.1 Å². The van der Waals surface area contributed by atoms with Gasteiger partial charge in [-0.15, -0.1) is 0 Å². The van der Waals surface area contributed by atoms with Gasteiger partial charge in [-0.1, -0.05) is 41.9 Å². The maximum atomic E-state index is 13.9. The van der Waals surface area contributed by atoms with Crippen LogP contribution in [0.1, 0.15) is 18.4 Å². The van der Waals surface area contributed by atoms with Crippen molar-refractivity contribution < 1.29 is 17.2 Å². The summed E-state index contributed by atoms with van der Waals surface area (Å²) in [6.45, 7) is 1.31. The molecule has 4 nitrogen and oxygen atoms in total. The number of hydrogen-bond donors (Lipinski definition) is 0. The predicted molar refractivity (Wildman–Crippen MR) is 134 cm³/mol. The average molecular weight is 513 g/mol. The molecule has 4 aromatic rings. The van der Waals surface area contributed by atoms with Crippen molar-refractivity contribution in [3.63, 3.8) is 0 Å². The van der Waals surface area contributed by atoms with E-state index in [1.807, 2.05) is 23.1 Å². The van der Waals surface area contributed by atoms with Crippen LogP contribution < -0.4 is 4.90 Å². The van der Waals surface area contributed by atoms with E-state index in [-0.39, 0.29) is 14.8 Å². The minimum absolute atomic E-state index is 0.000734. The van der Waals surface area contributed by atoms with Gasteiger partial charge in [0.2, 0.25) is 9.84 Å². The number of hydrogen-bond acceptors (Lipinski definition) is 4. The molecule has 0 amide bonds. The van der Waals surface area contributed by atoms with Crippen molar-refractivity contribution in [2.24, 2.45) is 5.92 Å². The molecule has 0 spiro atoms. The van der Waals surface area contributed by atoms with Gasteiger partial charge < -0.3 is 4.90 Å². The van der Waals surface area contributed by atoms with Gasteiger partial charge in [-0.25, -0.2) is 17.2 Å². The minimum atomic E-state index is -4.07. The summed E-state index contributed by atoms with van der Waals surface area (Å²) in [5.74, 6) is -0.660. The molecule has 5 rings (SSSR count). The Kier molecular flexibility index (Phi) is 6.47. The van der Waals surface area contributed by atoms with Gasteiger partial charge >= 0.3 is 0 Å². The topological polar surface area (TPSA) is 50.3 Å². The zero-order valence-electron chi connectivity index (χ0n) is 18.8. The van der Waals surface area contributed by atoms with E-state index in [9.17, 15) is 17.2 Å². The van der Waals surface area contributed by atoms with E-state index in [0.717, 1.165) is 31.4 Å². The van der Waals surface area contributed by atoms with Crippen molar-refractivity contribution >= 4 is 38.0 Å². The molecule has 0 saturated carbocycles. The summed E-state index contributed by atoms with van der Waals surface area (Å²) >= 11 is 5.88. The Balaban J connectivity index is 1.54. The second-order valence-corrected chi connectivity index (χ2v) is 11.2. The number of halogens is 3. The SMILES string of the molecule is O=S(=O)(c1ccc(F)c(Cl)c1)c1cnc2cc(F)ccc2c1N1CCC(Cc2ccccc2)CC1. The number of pyridine rings is 1. The van der Waals surface area contributed by atoms with Gasteiger partial charge in [-0.2, -0.15) is 0 Å². The zero-order valence-corrected chi connectivity index (χ0v) is 20.4. The molecule has 0 atom stereocenters. The van der Waals surface area contributed by atoms with Gasteiger partial charge in [0.1, 0.15) is 16.5 Å². The van der Waals surface area contributed by atoms with Crippen molar-refractivity contribution in [1.82, 2.24) is 4.98 Å². The smallest absolute Gasteiger partial charge is 0.210 e. The Bertz CT molecular complexity index is 1490. The number of aromatic nitrogens is 1. The molecule has 0 aliphatic carbocycles. The molecule has 0 N–H and O–H groups in total. The van der Waals surface area contributed by atoms with E-state index in [0.29, 0.717) is 35.6 Å². The van der Waals surface area contributed by atoms with Crippen LogP contribution in [0.15, 0.2) is 82.7 Å². The van der Waals surface area contributed by atoms with Crippen molar-refractivity contribution in [3.05, 3.63) is 95.1 Å². The van der Waals surface area contributed by atoms with Crippen molar-refractivity contribution in [2.75, 3.05) is 18.0 Å². The summed E-state index contributed by atoms with van der Waals surface area (Å²) in [5, 5.41) is 0.285. The molecule has 180 valence electrons. The highest BCUT2D eigenvalue weighted by molar-refractivity contribution is 7.91. The van der Waals surface area contributed by atoms with E-state index in [4.69, 9.17) is 11.6 Å². The Morgan fingerprint density at radius 1 is 0.971 bits per heavy atom. The van der Waals surface area contributed by atoms with E-state index in [1.54, 1.807) is 6.07 Å². The maximum absolute atomic E-state index is 13.9. The lowest BCUT2D eigenvalue weighted by Gasteiger charge is -2.35. The largest absolute Gasteiger partial charge is 0.370 e. The highest BCUT2D eigenvalue weighted by Gasteiger charge is 2.30. The van der Waals surface area contributed by atoms with E-state index in [1.165, 1.54) is 30.0 Å². The van der Waals surface area contributed by atoms with E-state index >= 15 is 0 Å². The second-order valence-electron chi connectivity index (χ2n) is 8.83. The first-order valence-electron chi connectivity index (χ1n) is 11.4. The number of benzene rings is 3. The lowest BCUT2D eigenvalue weighted by molar-refractivity contribution is 0.403. The summed E-state index contributed by atoms with van der Waals surface area (Å²) in [7, 11) is -4.07. The Morgan fingerprint density at radius 2 is 1.71 bits per heavy atom. The fourth-order valence-electron chi connectivity index (χ4n) is 4.74. The fourth-order valence-corrected chi connectivity index (χ4v) is 6.44. The molecular formula is C27H23ClF2N2O2S. The minimum Gasteiger partial charge on any atom is -0.370 e. The van der Waals surface area contributed by atoms with Crippen LogP contribution in [0.4, 0.5) is 14.5 Å². The number of piperidine rings is 1. The number of fused-ring (bicyclic) bond motifs is 1. The Labute approximate surface area is 208 Å². The number of anilines is 1. The van der Waals surface area contributed by atoms with Crippen LogP contribution in [0.25, 0.3) is 10.9 Å². The molecule has 2 heterocycles. The predicted octanol–water partition coefficient (Wildman–Crippen LogP) is 6.46. The van der Waals surface area contributed by atoms with Gasteiger partial charge in [0, 0.05) is 30.7 Å². The van der Waals surface area contributed by atoms with Gasteiger partial charge in [0.15, 0.2) is 0 Å². The number of nitrogens with zero attached hydrogens (tertiary/aromatic N) is 2. The van der Waals surface area contributed by atoms with Crippen molar-refractivity contribution in [3.8, 4) is 0 Å². The summed E-state index contributed by atoms with van der Waals surface area (Å²) in [5.41, 5.74) is 2.16. The summed E-state index contributed by atoms with van der Waals surface area (Å²) in [6, 6.07) is 17.8. The standard InChI is InChI=1S/C27H23ClF2N2O2S/c28-23-16-21(7-9-24(23)30)35(33,34)26-17-31-25-15-20(29)6-8-22(25)27(26)32-12-10-19(11-13-32)14-18-4-2-1-3-5-18/h1-9,15-17,19H,10-14H2. The first-order chi connectivity index (χ1) is 16.8. The van der Waals surface area contributed by atoms with Crippen LogP contribution >= 0.6 is 11.6 Å². The van der Waals surface area contributed by atoms with E-state index in [2.05, 4.69) is 17.1 Å². The summed E-state index contributed by atoms with van der Waals surface area (Å²) in [6.07, 6.45) is 4.01. The van der Waals surface area contributed by atoms with Crippen LogP contribution in [0, 0.1) is 17.6 Å². The molecule has 3 aromatic carbocycles. The normalized spacial score (nSPS) is 15.0. The molecule has 0 radical (unpaired) electrons. The molecular weight excluding hydrogens is 490 g/mol. The monoisotopic (exact) mass is 512 g/mol. The van der Waals surface area contributed by atoms with E-state index < -0.39 is 21.5 Å². The third-order valence-corrected chi connectivity index (χ3v) is 8.60. The third kappa shape index (κ3) is 4.75. The first-order valence-corrected chi connectivity index (χ1v) is 13.3. The second kappa shape index (κ2) is 9.55. The first kappa shape index (κ1) is 23.7. The number of sulfone groups is 1. The van der Waals surface area contributed by atoms with Gasteiger partial charge in [-0.3, -0.25) is 4.98 Å². The van der Waals surface area contributed by atoms with Crippen LogP contribution in [0.3, 0.4) is 0 Å². The fraction of sp³-hybridized carbons (Fsp3) is 0.222. The highest BCUT2D eigenvalue weighted by Crippen LogP contribution is 2.38. The van der Waals surface area contributed by atoms with Crippen molar-refractivity contribution in [1.29, 1.82) is 0 Å². The molecule has 1 aliphatic heterocycles. The molecule has 8 heteroatoms. The summed E-state index contributed by atoms with van der Waals surface area (Å²) in [4.78, 5) is 6.17. The Hall–Kier alpha value is -3.03. The molecule has 1 fully saturated rings. The maximum Gasteiger partial charge on any atom is 0.210 e. The lowest BCUT2D eigenvalue weighted by atomic mass is 9.90. The third-order valence-electron chi connectivity index (χ3n) is 6.56. The van der Waals surface area contributed by atoms with Gasteiger partial charge in [-0.05, 0) is 61.1 Å². The van der Waals surface area contributed by atoms with Gasteiger partial charge in [0.25, 0.3) is 0 Å². The highest BCUT2D eigenvalue weighted by atomic mass is 35.5. The summed E-state index contributed by atoms with van der Waals surface area (Å²) < 4.78 is 55.0. The van der Waals surface area contributed by atoms with Crippen LogP contribution in [0.2, 0.25) is 5.02 Å². The average Bonchev–Trinajstić information content (AvgIpc) is 2.86. The number of rotatable bonds is 5. The molecule has 0 bridgehead atoms. The van der Waals surface area contributed by atoms with Crippen LogP contribution in [-0.2, 0) is 16.3 Å². The Morgan fingerprint density at radius 3 is 2.43 bits per heavy atom. The lowest BCUT2D eigenvalue weighted by Crippen LogP contribution is -2.35. The molecule has 1 saturated heterocycles. The van der Waals surface area contributed by atoms with Crippen LogP contribution in [0.5, 0.6) is 0 Å². The zero-order chi connectivity index (χ0) is 24.6. The molecule has 1 aliphatic rings. The molecule has 35 heavy (non-hydrogen) atoms.